The van der Waals surface area contributed by atoms with Crippen molar-refractivity contribution in [1.29, 1.82) is 0 Å². The van der Waals surface area contributed by atoms with E-state index in [1.165, 1.54) is 18.2 Å². The third kappa shape index (κ3) is 3.43. The van der Waals surface area contributed by atoms with Gasteiger partial charge in [0.2, 0.25) is 0 Å². The summed E-state index contributed by atoms with van der Waals surface area (Å²) in [4.78, 5) is 22.6. The lowest BCUT2D eigenvalue weighted by atomic mass is 10.1. The molecule has 98 valence electrons. The first-order valence-corrected chi connectivity index (χ1v) is 5.82. The second-order valence-electron chi connectivity index (χ2n) is 3.75. The SMILES string of the molecule is CCC[C@@H](NC(=O)c1cccc(Cl)c1F)C(=O)O. The van der Waals surface area contributed by atoms with Gasteiger partial charge in [0.05, 0.1) is 10.6 Å². The Hall–Kier alpha value is -1.62. The van der Waals surface area contributed by atoms with E-state index in [0.717, 1.165) is 0 Å². The van der Waals surface area contributed by atoms with Crippen molar-refractivity contribution in [1.82, 2.24) is 5.32 Å². The van der Waals surface area contributed by atoms with E-state index >= 15 is 0 Å². The number of carboxylic acids is 1. The third-order valence-corrected chi connectivity index (χ3v) is 2.67. The Kier molecular flexibility index (Phi) is 5.09. The van der Waals surface area contributed by atoms with Gasteiger partial charge in [-0.1, -0.05) is 31.0 Å². The number of carbonyl (C=O) groups is 2. The van der Waals surface area contributed by atoms with E-state index in [9.17, 15) is 14.0 Å². The van der Waals surface area contributed by atoms with E-state index < -0.39 is 23.7 Å². The Morgan fingerprint density at radius 2 is 2.17 bits per heavy atom. The highest BCUT2D eigenvalue weighted by Gasteiger charge is 2.21. The van der Waals surface area contributed by atoms with Gasteiger partial charge in [0.25, 0.3) is 5.91 Å². The fourth-order valence-electron chi connectivity index (χ4n) is 1.46. The van der Waals surface area contributed by atoms with Crippen LogP contribution in [0.5, 0.6) is 0 Å². The van der Waals surface area contributed by atoms with Crippen molar-refractivity contribution in [3.63, 3.8) is 0 Å². The van der Waals surface area contributed by atoms with Crippen LogP contribution in [0.15, 0.2) is 18.2 Å². The molecule has 0 heterocycles. The van der Waals surface area contributed by atoms with Gasteiger partial charge >= 0.3 is 5.97 Å². The Morgan fingerprint density at radius 1 is 1.50 bits per heavy atom. The first-order valence-electron chi connectivity index (χ1n) is 5.45. The van der Waals surface area contributed by atoms with Crippen molar-refractivity contribution in [2.45, 2.75) is 25.8 Å². The zero-order valence-corrected chi connectivity index (χ0v) is 10.5. The molecule has 0 spiro atoms. The Bertz CT molecular complexity index is 465. The lowest BCUT2D eigenvalue weighted by Crippen LogP contribution is -2.40. The molecule has 4 nitrogen and oxygen atoms in total. The molecule has 0 radical (unpaired) electrons. The summed E-state index contributed by atoms with van der Waals surface area (Å²) in [5.41, 5.74) is -0.259. The predicted octanol–water partition coefficient (Wildman–Crippen LogP) is 2.46. The van der Waals surface area contributed by atoms with Crippen LogP contribution in [-0.2, 0) is 4.79 Å². The Morgan fingerprint density at radius 3 is 2.72 bits per heavy atom. The molecule has 6 heteroatoms. The monoisotopic (exact) mass is 273 g/mol. The standard InChI is InChI=1S/C12H13ClFNO3/c1-2-4-9(12(17)18)15-11(16)7-5-3-6-8(13)10(7)14/h3,5-6,9H,2,4H2,1H3,(H,15,16)(H,17,18)/t9-/m1/s1. The molecule has 0 unspecified atom stereocenters. The minimum absolute atomic E-state index is 0.176. The zero-order chi connectivity index (χ0) is 13.7. The summed E-state index contributed by atoms with van der Waals surface area (Å²) in [5.74, 6) is -2.78. The number of hydrogen-bond donors (Lipinski definition) is 2. The summed E-state index contributed by atoms with van der Waals surface area (Å²) in [6.07, 6.45) is 0.874. The number of carbonyl (C=O) groups excluding carboxylic acids is 1. The van der Waals surface area contributed by atoms with Crippen LogP contribution in [0.4, 0.5) is 4.39 Å². The largest absolute Gasteiger partial charge is 0.480 e. The second-order valence-corrected chi connectivity index (χ2v) is 4.16. The van der Waals surface area contributed by atoms with Gasteiger partial charge in [0.1, 0.15) is 6.04 Å². The van der Waals surface area contributed by atoms with Crippen LogP contribution in [0.3, 0.4) is 0 Å². The molecule has 1 aromatic carbocycles. The van der Waals surface area contributed by atoms with E-state index in [1.54, 1.807) is 6.92 Å². The van der Waals surface area contributed by atoms with Gasteiger partial charge in [-0.2, -0.15) is 0 Å². The van der Waals surface area contributed by atoms with Gasteiger partial charge in [-0.15, -0.1) is 0 Å². The minimum Gasteiger partial charge on any atom is -0.480 e. The van der Waals surface area contributed by atoms with E-state index in [1.807, 2.05) is 0 Å². The van der Waals surface area contributed by atoms with E-state index in [-0.39, 0.29) is 17.0 Å². The van der Waals surface area contributed by atoms with Crippen LogP contribution in [-0.4, -0.2) is 23.0 Å². The highest BCUT2D eigenvalue weighted by Crippen LogP contribution is 2.17. The highest BCUT2D eigenvalue weighted by molar-refractivity contribution is 6.31. The summed E-state index contributed by atoms with van der Waals surface area (Å²) in [6.45, 7) is 1.79. The normalized spacial score (nSPS) is 11.9. The number of rotatable bonds is 5. The maximum absolute atomic E-state index is 13.5. The van der Waals surface area contributed by atoms with Crippen molar-refractivity contribution >= 4 is 23.5 Å². The van der Waals surface area contributed by atoms with Gasteiger partial charge in [0.15, 0.2) is 5.82 Å². The zero-order valence-electron chi connectivity index (χ0n) is 9.74. The lowest BCUT2D eigenvalue weighted by molar-refractivity contribution is -0.139. The molecular weight excluding hydrogens is 261 g/mol. The van der Waals surface area contributed by atoms with Crippen LogP contribution in [0, 0.1) is 5.82 Å². The number of amides is 1. The molecule has 0 aliphatic rings. The number of halogens is 2. The Balaban J connectivity index is 2.87. The van der Waals surface area contributed by atoms with Gasteiger partial charge < -0.3 is 10.4 Å². The first kappa shape index (κ1) is 14.4. The fraction of sp³-hybridized carbons (Fsp3) is 0.333. The van der Waals surface area contributed by atoms with Crippen molar-refractivity contribution in [3.05, 3.63) is 34.6 Å². The summed E-state index contributed by atoms with van der Waals surface area (Å²) in [7, 11) is 0. The van der Waals surface area contributed by atoms with Crippen molar-refractivity contribution in [2.75, 3.05) is 0 Å². The molecule has 1 aromatic rings. The molecule has 0 aliphatic carbocycles. The molecule has 18 heavy (non-hydrogen) atoms. The van der Waals surface area contributed by atoms with Gasteiger partial charge in [-0.05, 0) is 18.6 Å². The molecule has 0 fully saturated rings. The first-order chi connectivity index (χ1) is 8.47. The number of carboxylic acid groups (broad SMARTS) is 1. The van der Waals surface area contributed by atoms with Gasteiger partial charge in [-0.25, -0.2) is 9.18 Å². The maximum Gasteiger partial charge on any atom is 0.326 e. The van der Waals surface area contributed by atoms with Gasteiger partial charge in [0, 0.05) is 0 Å². The number of nitrogens with one attached hydrogen (secondary N) is 1. The Labute approximate surface area is 109 Å². The van der Waals surface area contributed by atoms with Gasteiger partial charge in [-0.3, -0.25) is 4.79 Å². The highest BCUT2D eigenvalue weighted by atomic mass is 35.5. The van der Waals surface area contributed by atoms with Crippen molar-refractivity contribution in [3.8, 4) is 0 Å². The van der Waals surface area contributed by atoms with Crippen LogP contribution in [0.25, 0.3) is 0 Å². The van der Waals surface area contributed by atoms with Crippen LogP contribution >= 0.6 is 11.6 Å². The second kappa shape index (κ2) is 6.35. The quantitative estimate of drug-likeness (QED) is 0.866. The topological polar surface area (TPSA) is 66.4 Å². The van der Waals surface area contributed by atoms with Crippen LogP contribution < -0.4 is 5.32 Å². The lowest BCUT2D eigenvalue weighted by Gasteiger charge is -2.13. The molecule has 1 atom stereocenters. The molecule has 0 aromatic heterocycles. The summed E-state index contributed by atoms with van der Waals surface area (Å²) < 4.78 is 13.5. The van der Waals surface area contributed by atoms with Crippen molar-refractivity contribution < 1.29 is 19.1 Å². The fourth-order valence-corrected chi connectivity index (χ4v) is 1.64. The average molecular weight is 274 g/mol. The minimum atomic E-state index is -1.15. The molecule has 0 saturated carbocycles. The van der Waals surface area contributed by atoms with Crippen LogP contribution in [0.2, 0.25) is 5.02 Å². The molecule has 0 saturated heterocycles. The predicted molar refractivity (Wildman–Crippen MR) is 65.2 cm³/mol. The molecule has 2 N–H and O–H groups in total. The molecular formula is C12H13ClFNO3. The molecule has 1 amide bonds. The molecule has 1 rings (SSSR count). The number of aliphatic carboxylic acids is 1. The third-order valence-electron chi connectivity index (χ3n) is 2.38. The molecule has 0 bridgehead atoms. The summed E-state index contributed by atoms with van der Waals surface area (Å²) in [6, 6.07) is 2.96. The summed E-state index contributed by atoms with van der Waals surface area (Å²) >= 11 is 5.55. The van der Waals surface area contributed by atoms with Crippen LogP contribution in [0.1, 0.15) is 30.1 Å². The van der Waals surface area contributed by atoms with Crippen molar-refractivity contribution in [2.24, 2.45) is 0 Å². The summed E-state index contributed by atoms with van der Waals surface area (Å²) in [5, 5.41) is 11.0. The number of hydrogen-bond acceptors (Lipinski definition) is 2. The smallest absolute Gasteiger partial charge is 0.326 e. The molecule has 0 aliphatic heterocycles. The number of benzene rings is 1. The van der Waals surface area contributed by atoms with E-state index in [2.05, 4.69) is 5.32 Å². The van der Waals surface area contributed by atoms with E-state index in [0.29, 0.717) is 6.42 Å². The average Bonchev–Trinajstić information content (AvgIpc) is 2.31. The van der Waals surface area contributed by atoms with E-state index in [4.69, 9.17) is 16.7 Å². The maximum atomic E-state index is 13.5.